The Morgan fingerprint density at radius 3 is 2.23 bits per heavy atom. The summed E-state index contributed by atoms with van der Waals surface area (Å²) in [6.45, 7) is 17.9. The highest BCUT2D eigenvalue weighted by Gasteiger charge is 2.48. The summed E-state index contributed by atoms with van der Waals surface area (Å²) in [7, 11) is 0. The van der Waals surface area contributed by atoms with Gasteiger partial charge < -0.3 is 11.5 Å². The fraction of sp³-hybridized carbons (Fsp3) is 0.143. The minimum absolute atomic E-state index is 0.501. The van der Waals surface area contributed by atoms with Crippen molar-refractivity contribution in [1.29, 1.82) is 0 Å². The van der Waals surface area contributed by atoms with Crippen LogP contribution in [0.3, 0.4) is 0 Å². The summed E-state index contributed by atoms with van der Waals surface area (Å²) in [5.41, 5.74) is 19.3. The molecule has 0 aromatic heterocycles. The number of rotatable bonds is 7. The molecule has 0 bridgehead atoms. The second-order valence-corrected chi connectivity index (χ2v) is 7.20. The zero-order chi connectivity index (χ0) is 22.3. The lowest BCUT2D eigenvalue weighted by molar-refractivity contribution is 0.763. The van der Waals surface area contributed by atoms with E-state index in [1.165, 1.54) is 16.7 Å². The molecule has 154 valence electrons. The van der Waals surface area contributed by atoms with Gasteiger partial charge in [0.1, 0.15) is 0 Å². The van der Waals surface area contributed by atoms with Crippen molar-refractivity contribution < 1.29 is 0 Å². The Hall–Kier alpha value is -3.52. The lowest BCUT2D eigenvalue weighted by atomic mass is 9.66. The molecule has 1 aliphatic carbocycles. The average Bonchev–Trinajstić information content (AvgIpc) is 2.99. The molecular formula is C28H32N2. The number of hydrogen-bond acceptors (Lipinski definition) is 2. The molecule has 0 saturated carbocycles. The first-order chi connectivity index (χ1) is 14.4. The van der Waals surface area contributed by atoms with E-state index < -0.39 is 5.41 Å². The minimum atomic E-state index is -0.561. The molecule has 2 nitrogen and oxygen atoms in total. The monoisotopic (exact) mass is 396 g/mol. The van der Waals surface area contributed by atoms with E-state index >= 15 is 0 Å². The number of hydrogen-bond donors (Lipinski definition) is 2. The third-order valence-electron chi connectivity index (χ3n) is 5.29. The molecule has 4 N–H and O–H groups in total. The Balaban J connectivity index is 3.09. The normalized spacial score (nSPS) is 22.6. The van der Waals surface area contributed by atoms with Crippen LogP contribution in [0.2, 0.25) is 0 Å². The molecule has 2 heteroatoms. The van der Waals surface area contributed by atoms with Crippen molar-refractivity contribution in [3.63, 3.8) is 0 Å². The van der Waals surface area contributed by atoms with Gasteiger partial charge in [0.25, 0.3) is 0 Å². The van der Waals surface area contributed by atoms with Gasteiger partial charge in [0.15, 0.2) is 0 Å². The van der Waals surface area contributed by atoms with E-state index in [0.717, 1.165) is 22.4 Å². The Morgan fingerprint density at radius 1 is 1.00 bits per heavy atom. The van der Waals surface area contributed by atoms with Gasteiger partial charge in [-0.25, -0.2) is 0 Å². The molecule has 30 heavy (non-hydrogen) atoms. The Morgan fingerprint density at radius 2 is 1.70 bits per heavy atom. The Kier molecular flexibility index (Phi) is 7.43. The van der Waals surface area contributed by atoms with Gasteiger partial charge in [0.2, 0.25) is 0 Å². The fourth-order valence-electron chi connectivity index (χ4n) is 4.20. The van der Waals surface area contributed by atoms with E-state index in [9.17, 15) is 0 Å². The van der Waals surface area contributed by atoms with Crippen LogP contribution in [0.15, 0.2) is 127 Å². The SMILES string of the molecule is C=C/C=C1\C(=C/C)C(/C(C=C)=C/C=C(\C)N)(C(/C=C\C(=C)N)=C/C)c2ccccc21. The summed E-state index contributed by atoms with van der Waals surface area (Å²) in [4.78, 5) is 0. The Bertz CT molecular complexity index is 1030. The van der Waals surface area contributed by atoms with Crippen molar-refractivity contribution in [1.82, 2.24) is 0 Å². The van der Waals surface area contributed by atoms with Crippen LogP contribution in [0.1, 0.15) is 31.9 Å². The van der Waals surface area contributed by atoms with Crippen molar-refractivity contribution in [2.45, 2.75) is 26.2 Å². The van der Waals surface area contributed by atoms with Crippen LogP contribution in [-0.2, 0) is 5.41 Å². The lowest BCUT2D eigenvalue weighted by Gasteiger charge is -2.36. The third-order valence-corrected chi connectivity index (χ3v) is 5.29. The summed E-state index contributed by atoms with van der Waals surface area (Å²) >= 11 is 0. The number of allylic oxidation sites excluding steroid dienone is 14. The first kappa shape index (κ1) is 22.8. The van der Waals surface area contributed by atoms with Crippen molar-refractivity contribution in [3.05, 3.63) is 138 Å². The number of benzene rings is 1. The van der Waals surface area contributed by atoms with E-state index in [1.54, 1.807) is 0 Å². The summed E-state index contributed by atoms with van der Waals surface area (Å²) in [5, 5.41) is 0. The maximum Gasteiger partial charge on any atom is 0.0707 e. The molecule has 1 atom stereocenters. The molecule has 1 aromatic carbocycles. The highest BCUT2D eigenvalue weighted by molar-refractivity contribution is 5.95. The summed E-state index contributed by atoms with van der Waals surface area (Å²) < 4.78 is 0. The van der Waals surface area contributed by atoms with Crippen molar-refractivity contribution >= 4 is 5.57 Å². The van der Waals surface area contributed by atoms with Crippen molar-refractivity contribution in [2.24, 2.45) is 11.5 Å². The van der Waals surface area contributed by atoms with E-state index in [1.807, 2.05) is 50.3 Å². The summed E-state index contributed by atoms with van der Waals surface area (Å²) in [6, 6.07) is 8.46. The molecule has 0 saturated heterocycles. The van der Waals surface area contributed by atoms with E-state index in [-0.39, 0.29) is 0 Å². The zero-order valence-corrected chi connectivity index (χ0v) is 18.3. The van der Waals surface area contributed by atoms with E-state index in [4.69, 9.17) is 11.5 Å². The molecule has 2 rings (SSSR count). The van der Waals surface area contributed by atoms with Crippen LogP contribution >= 0.6 is 0 Å². The van der Waals surface area contributed by atoms with Crippen LogP contribution in [0.5, 0.6) is 0 Å². The van der Waals surface area contributed by atoms with Gasteiger partial charge in [-0.3, -0.25) is 0 Å². The highest BCUT2D eigenvalue weighted by Crippen LogP contribution is 2.58. The largest absolute Gasteiger partial charge is 0.402 e. The molecule has 0 aliphatic heterocycles. The molecule has 0 fully saturated rings. The van der Waals surface area contributed by atoms with Gasteiger partial charge in [-0.2, -0.15) is 0 Å². The van der Waals surface area contributed by atoms with Crippen LogP contribution in [0, 0.1) is 0 Å². The van der Waals surface area contributed by atoms with Gasteiger partial charge >= 0.3 is 0 Å². The molecular weight excluding hydrogens is 364 g/mol. The smallest absolute Gasteiger partial charge is 0.0707 e. The van der Waals surface area contributed by atoms with Gasteiger partial charge in [-0.05, 0) is 66.3 Å². The maximum atomic E-state index is 5.97. The molecule has 1 unspecified atom stereocenters. The minimum Gasteiger partial charge on any atom is -0.402 e. The predicted octanol–water partition coefficient (Wildman–Crippen LogP) is 6.40. The maximum absolute atomic E-state index is 5.97. The zero-order valence-electron chi connectivity index (χ0n) is 18.3. The number of nitrogens with two attached hydrogens (primary N) is 2. The van der Waals surface area contributed by atoms with Crippen LogP contribution in [-0.4, -0.2) is 0 Å². The summed E-state index contributed by atoms with van der Waals surface area (Å²) in [5.74, 6) is 0. The first-order valence-corrected chi connectivity index (χ1v) is 10.0. The molecule has 1 aliphatic rings. The highest BCUT2D eigenvalue weighted by atomic mass is 14.6. The average molecular weight is 397 g/mol. The van der Waals surface area contributed by atoms with Gasteiger partial charge in [0.05, 0.1) is 5.41 Å². The van der Waals surface area contributed by atoms with Crippen molar-refractivity contribution in [3.8, 4) is 0 Å². The standard InChI is InChI=1S/C28H32N2/c1-7-13-24-25-14-11-12-15-27(25)28(26(24)10-4,22(8-2)18-16-20(5)29)23(9-3)19-17-21(6)30/h7-19H,1-2,6,29-30H2,3-5H3/b19-17-,20-16+,22-18+,23-9+,24-13-,26-10+. The molecule has 0 amide bonds. The van der Waals surface area contributed by atoms with Gasteiger partial charge in [0, 0.05) is 11.4 Å². The molecule has 0 spiro atoms. The van der Waals surface area contributed by atoms with Crippen LogP contribution < -0.4 is 11.5 Å². The lowest BCUT2D eigenvalue weighted by Crippen LogP contribution is -2.29. The fourth-order valence-corrected chi connectivity index (χ4v) is 4.20. The van der Waals surface area contributed by atoms with Gasteiger partial charge in [-0.1, -0.05) is 86.5 Å². The summed E-state index contributed by atoms with van der Waals surface area (Å²) in [6.07, 6.45) is 17.9. The second kappa shape index (κ2) is 9.80. The molecule has 0 heterocycles. The van der Waals surface area contributed by atoms with E-state index in [2.05, 4.69) is 69.2 Å². The Labute approximate surface area is 181 Å². The van der Waals surface area contributed by atoms with Crippen LogP contribution in [0.25, 0.3) is 5.57 Å². The quantitative estimate of drug-likeness (QED) is 0.524. The number of fused-ring (bicyclic) bond motifs is 1. The van der Waals surface area contributed by atoms with E-state index in [0.29, 0.717) is 5.70 Å². The molecule has 0 radical (unpaired) electrons. The van der Waals surface area contributed by atoms with Gasteiger partial charge in [-0.15, -0.1) is 0 Å². The first-order valence-electron chi connectivity index (χ1n) is 10.0. The van der Waals surface area contributed by atoms with Crippen molar-refractivity contribution in [2.75, 3.05) is 0 Å². The van der Waals surface area contributed by atoms with Crippen LogP contribution in [0.4, 0.5) is 0 Å². The topological polar surface area (TPSA) is 52.0 Å². The third kappa shape index (κ3) is 3.95. The second-order valence-electron chi connectivity index (χ2n) is 7.20. The molecule has 1 aromatic rings. The predicted molar refractivity (Wildman–Crippen MR) is 132 cm³/mol.